The molecule has 110 valence electrons. The van der Waals surface area contributed by atoms with Crippen molar-refractivity contribution in [3.63, 3.8) is 0 Å². The molecule has 6 heteroatoms. The Morgan fingerprint density at radius 1 is 1.65 bits per heavy atom. The monoisotopic (exact) mass is 345 g/mol. The van der Waals surface area contributed by atoms with E-state index in [0.717, 1.165) is 19.4 Å². The van der Waals surface area contributed by atoms with Crippen molar-refractivity contribution in [3.8, 4) is 0 Å². The van der Waals surface area contributed by atoms with Crippen LogP contribution >= 0.6 is 15.9 Å². The van der Waals surface area contributed by atoms with Crippen LogP contribution in [0.5, 0.6) is 0 Å². The lowest BCUT2D eigenvalue weighted by Gasteiger charge is -2.28. The van der Waals surface area contributed by atoms with Gasteiger partial charge in [-0.2, -0.15) is 0 Å². The second-order valence-corrected chi connectivity index (χ2v) is 5.93. The van der Waals surface area contributed by atoms with Crippen LogP contribution in [0.3, 0.4) is 0 Å². The van der Waals surface area contributed by atoms with Gasteiger partial charge in [0.25, 0.3) is 0 Å². The Morgan fingerprint density at radius 2 is 2.40 bits per heavy atom. The van der Waals surface area contributed by atoms with Crippen molar-refractivity contribution < 1.29 is 19.0 Å². The minimum absolute atomic E-state index is 0.0394. The number of carbonyl (C=O) groups is 1. The Kier molecular flexibility index (Phi) is 4.78. The third-order valence-corrected chi connectivity index (χ3v) is 4.24. The summed E-state index contributed by atoms with van der Waals surface area (Å²) in [6.07, 6.45) is 1.96. The molecular weight excluding hydrogens is 329 g/mol. The van der Waals surface area contributed by atoms with Crippen molar-refractivity contribution >= 4 is 21.9 Å². The van der Waals surface area contributed by atoms with E-state index in [2.05, 4.69) is 21.2 Å². The van der Waals surface area contributed by atoms with E-state index in [1.165, 1.54) is 18.2 Å². The Hall–Kier alpha value is -0.980. The van der Waals surface area contributed by atoms with Gasteiger partial charge in [0.05, 0.1) is 10.6 Å². The number of hydrogen-bond donors (Lipinski definition) is 2. The van der Waals surface area contributed by atoms with Crippen LogP contribution in [0.15, 0.2) is 22.7 Å². The van der Waals surface area contributed by atoms with Crippen LogP contribution in [0.25, 0.3) is 0 Å². The van der Waals surface area contributed by atoms with Gasteiger partial charge >= 0.3 is 5.97 Å². The maximum absolute atomic E-state index is 13.3. The van der Waals surface area contributed by atoms with Gasteiger partial charge in [-0.1, -0.05) is 6.07 Å². The van der Waals surface area contributed by atoms with E-state index >= 15 is 0 Å². The summed E-state index contributed by atoms with van der Waals surface area (Å²) in [6, 6.07) is 4.23. The first-order valence-electron chi connectivity index (χ1n) is 6.49. The van der Waals surface area contributed by atoms with Gasteiger partial charge in [-0.15, -0.1) is 0 Å². The molecular formula is C14H17BrFNO3. The molecule has 2 unspecified atom stereocenters. The van der Waals surface area contributed by atoms with E-state index < -0.39 is 17.3 Å². The first-order chi connectivity index (χ1) is 9.43. The Balaban J connectivity index is 2.18. The minimum atomic E-state index is -1.28. The smallest absolute Gasteiger partial charge is 0.328 e. The van der Waals surface area contributed by atoms with Crippen LogP contribution in [0.1, 0.15) is 25.3 Å². The predicted octanol–water partition coefficient (Wildman–Crippen LogP) is 2.66. The second-order valence-electron chi connectivity index (χ2n) is 5.07. The first kappa shape index (κ1) is 15.4. The van der Waals surface area contributed by atoms with Gasteiger partial charge in [-0.25, -0.2) is 9.18 Å². The highest BCUT2D eigenvalue weighted by Gasteiger charge is 2.36. The summed E-state index contributed by atoms with van der Waals surface area (Å²) in [7, 11) is 0. The summed E-state index contributed by atoms with van der Waals surface area (Å²) in [5, 5.41) is 12.5. The first-order valence-corrected chi connectivity index (χ1v) is 7.28. The van der Waals surface area contributed by atoms with Gasteiger partial charge < -0.3 is 9.84 Å². The average molecular weight is 346 g/mol. The van der Waals surface area contributed by atoms with Crippen molar-refractivity contribution in [1.29, 1.82) is 0 Å². The second kappa shape index (κ2) is 6.20. The fourth-order valence-corrected chi connectivity index (χ4v) is 2.61. The van der Waals surface area contributed by atoms with E-state index in [0.29, 0.717) is 12.1 Å². The molecule has 0 aromatic heterocycles. The number of ether oxygens (including phenoxy) is 1. The van der Waals surface area contributed by atoms with Crippen LogP contribution < -0.4 is 5.32 Å². The molecule has 20 heavy (non-hydrogen) atoms. The average Bonchev–Trinajstić information content (AvgIpc) is 2.92. The van der Waals surface area contributed by atoms with Gasteiger partial charge in [0, 0.05) is 13.2 Å². The number of halogens is 2. The minimum Gasteiger partial charge on any atom is -0.480 e. The molecule has 4 nitrogen and oxygen atoms in total. The lowest BCUT2D eigenvalue weighted by atomic mass is 9.91. The van der Waals surface area contributed by atoms with Gasteiger partial charge in [0.15, 0.2) is 0 Å². The van der Waals surface area contributed by atoms with Gasteiger partial charge in [0.2, 0.25) is 0 Å². The van der Waals surface area contributed by atoms with Crippen LogP contribution in [0.2, 0.25) is 0 Å². The summed E-state index contributed by atoms with van der Waals surface area (Å²) < 4.78 is 19.0. The molecule has 0 amide bonds. The zero-order valence-corrected chi connectivity index (χ0v) is 12.7. The quantitative estimate of drug-likeness (QED) is 0.861. The number of carboxylic acid groups (broad SMARTS) is 1. The summed E-state index contributed by atoms with van der Waals surface area (Å²) in [5.41, 5.74) is -0.779. The molecule has 1 aromatic carbocycles. The summed E-state index contributed by atoms with van der Waals surface area (Å²) >= 11 is 3.08. The number of benzene rings is 1. The Morgan fingerprint density at radius 3 is 2.95 bits per heavy atom. The summed E-state index contributed by atoms with van der Waals surface area (Å²) in [6.45, 7) is 2.75. The van der Waals surface area contributed by atoms with Crippen LogP contribution in [0.4, 0.5) is 4.39 Å². The molecule has 1 aliphatic rings. The SMILES string of the molecule is CC(NCC1CCCO1)(C(=O)O)c1ccc(F)c(Br)c1. The van der Waals surface area contributed by atoms with Crippen LogP contribution in [-0.2, 0) is 15.1 Å². The highest BCUT2D eigenvalue weighted by Crippen LogP contribution is 2.26. The molecule has 1 heterocycles. The maximum Gasteiger partial charge on any atom is 0.328 e. The van der Waals surface area contributed by atoms with Gasteiger partial charge in [-0.05, 0) is 53.4 Å². The molecule has 0 bridgehead atoms. The lowest BCUT2D eigenvalue weighted by Crippen LogP contribution is -2.49. The fourth-order valence-electron chi connectivity index (χ4n) is 2.23. The number of nitrogens with one attached hydrogen (secondary N) is 1. The Labute approximate surface area is 125 Å². The summed E-state index contributed by atoms with van der Waals surface area (Å²) in [4.78, 5) is 11.6. The van der Waals surface area contributed by atoms with Crippen molar-refractivity contribution in [1.82, 2.24) is 5.32 Å². The zero-order valence-electron chi connectivity index (χ0n) is 11.2. The standard InChI is InChI=1S/C14H17BrFNO3/c1-14(13(18)19,17-8-10-3-2-6-20-10)9-4-5-12(16)11(15)7-9/h4-5,7,10,17H,2-3,6,8H2,1H3,(H,18,19). The van der Waals surface area contributed by atoms with Gasteiger partial charge in [-0.3, -0.25) is 5.32 Å². The fraction of sp³-hybridized carbons (Fsp3) is 0.500. The number of aliphatic carboxylic acids is 1. The maximum atomic E-state index is 13.3. The Bertz CT molecular complexity index is 505. The largest absolute Gasteiger partial charge is 0.480 e. The third-order valence-electron chi connectivity index (χ3n) is 3.63. The van der Waals surface area contributed by atoms with Crippen LogP contribution in [-0.4, -0.2) is 30.3 Å². The van der Waals surface area contributed by atoms with Crippen molar-refractivity contribution in [2.75, 3.05) is 13.2 Å². The highest BCUT2D eigenvalue weighted by molar-refractivity contribution is 9.10. The lowest BCUT2D eigenvalue weighted by molar-refractivity contribution is -0.144. The number of rotatable bonds is 5. The molecule has 2 rings (SSSR count). The van der Waals surface area contributed by atoms with E-state index in [1.54, 1.807) is 6.92 Å². The number of hydrogen-bond acceptors (Lipinski definition) is 3. The third kappa shape index (κ3) is 3.19. The van der Waals surface area contributed by atoms with E-state index in [9.17, 15) is 14.3 Å². The molecule has 0 saturated carbocycles. The number of carboxylic acids is 1. The van der Waals surface area contributed by atoms with E-state index in [-0.39, 0.29) is 10.6 Å². The normalized spacial score (nSPS) is 21.6. The van der Waals surface area contributed by atoms with Crippen molar-refractivity contribution in [3.05, 3.63) is 34.1 Å². The summed E-state index contributed by atoms with van der Waals surface area (Å²) in [5.74, 6) is -1.42. The molecule has 1 aromatic rings. The molecule has 0 spiro atoms. The van der Waals surface area contributed by atoms with Crippen LogP contribution in [0, 0.1) is 5.82 Å². The highest BCUT2D eigenvalue weighted by atomic mass is 79.9. The molecule has 0 aliphatic carbocycles. The van der Waals surface area contributed by atoms with Crippen molar-refractivity contribution in [2.24, 2.45) is 0 Å². The van der Waals surface area contributed by atoms with E-state index in [1.807, 2.05) is 0 Å². The van der Waals surface area contributed by atoms with Gasteiger partial charge in [0.1, 0.15) is 11.4 Å². The van der Waals surface area contributed by atoms with Crippen molar-refractivity contribution in [2.45, 2.75) is 31.4 Å². The molecule has 1 fully saturated rings. The molecule has 1 aliphatic heterocycles. The molecule has 2 atom stereocenters. The predicted molar refractivity (Wildman–Crippen MR) is 76.1 cm³/mol. The molecule has 0 radical (unpaired) electrons. The van der Waals surface area contributed by atoms with E-state index in [4.69, 9.17) is 4.74 Å². The topological polar surface area (TPSA) is 58.6 Å². The molecule has 1 saturated heterocycles. The zero-order chi connectivity index (χ0) is 14.8. The molecule has 2 N–H and O–H groups in total.